The number of likely N-dealkylation sites (tertiary alicyclic amines) is 1. The summed E-state index contributed by atoms with van der Waals surface area (Å²) in [6.45, 7) is 2.75. The maximum absolute atomic E-state index is 12.2. The Morgan fingerprint density at radius 1 is 1.39 bits per heavy atom. The van der Waals surface area contributed by atoms with Gasteiger partial charge >= 0.3 is 0 Å². The Morgan fingerprint density at radius 3 is 2.78 bits per heavy atom. The number of rotatable bonds is 6. The molecule has 124 valence electrons. The van der Waals surface area contributed by atoms with Gasteiger partial charge < -0.3 is 20.1 Å². The standard InChI is InChI=1S/C17H22N2O4/c1-3-4-12-5-6-14(15(9-12)22-2)23-11-16(20)19-8-7-13(10-19)17(18)21/h3-6,9,13H,7-8,10-11H2,1-2H3,(H2,18,21)/b4-3-/t13-/m0/s1. The van der Waals surface area contributed by atoms with E-state index in [1.165, 1.54) is 0 Å². The van der Waals surface area contributed by atoms with Gasteiger partial charge in [-0.2, -0.15) is 0 Å². The quantitative estimate of drug-likeness (QED) is 0.860. The molecule has 1 aliphatic rings. The fourth-order valence-corrected chi connectivity index (χ4v) is 2.55. The number of carbonyl (C=O) groups is 2. The summed E-state index contributed by atoms with van der Waals surface area (Å²) in [7, 11) is 1.56. The molecule has 0 aliphatic carbocycles. The van der Waals surface area contributed by atoms with Crippen LogP contribution in [0.4, 0.5) is 0 Å². The van der Waals surface area contributed by atoms with Crippen LogP contribution in [0.2, 0.25) is 0 Å². The molecule has 0 unspecified atom stereocenters. The molecule has 1 atom stereocenters. The molecule has 0 aromatic heterocycles. The van der Waals surface area contributed by atoms with E-state index >= 15 is 0 Å². The van der Waals surface area contributed by atoms with Crippen molar-refractivity contribution in [2.45, 2.75) is 13.3 Å². The number of allylic oxidation sites excluding steroid dienone is 1. The first-order chi connectivity index (χ1) is 11.0. The third-order valence-electron chi connectivity index (χ3n) is 3.84. The summed E-state index contributed by atoms with van der Waals surface area (Å²) in [6, 6.07) is 5.51. The Balaban J connectivity index is 1.95. The largest absolute Gasteiger partial charge is 0.493 e. The van der Waals surface area contributed by atoms with Crippen LogP contribution >= 0.6 is 0 Å². The zero-order valence-electron chi connectivity index (χ0n) is 13.5. The van der Waals surface area contributed by atoms with E-state index in [9.17, 15) is 9.59 Å². The number of methoxy groups -OCH3 is 1. The molecule has 1 heterocycles. The molecular formula is C17H22N2O4. The van der Waals surface area contributed by atoms with E-state index in [1.807, 2.05) is 31.2 Å². The van der Waals surface area contributed by atoms with E-state index in [0.717, 1.165) is 5.56 Å². The highest BCUT2D eigenvalue weighted by Crippen LogP contribution is 2.28. The molecule has 1 aromatic carbocycles. The second-order valence-electron chi connectivity index (χ2n) is 5.43. The van der Waals surface area contributed by atoms with Gasteiger partial charge in [-0.1, -0.05) is 18.2 Å². The molecule has 0 radical (unpaired) electrons. The Bertz CT molecular complexity index is 613. The number of amides is 2. The van der Waals surface area contributed by atoms with Gasteiger partial charge in [-0.05, 0) is 31.0 Å². The number of nitrogens with zero attached hydrogens (tertiary/aromatic N) is 1. The van der Waals surface area contributed by atoms with Gasteiger partial charge in [-0.25, -0.2) is 0 Å². The molecule has 2 amide bonds. The van der Waals surface area contributed by atoms with Crippen LogP contribution in [-0.2, 0) is 9.59 Å². The van der Waals surface area contributed by atoms with E-state index < -0.39 is 0 Å². The van der Waals surface area contributed by atoms with Crippen LogP contribution < -0.4 is 15.2 Å². The van der Waals surface area contributed by atoms with Gasteiger partial charge in [0.2, 0.25) is 5.91 Å². The molecule has 23 heavy (non-hydrogen) atoms. The third kappa shape index (κ3) is 4.25. The molecule has 2 N–H and O–H groups in total. The lowest BCUT2D eigenvalue weighted by Gasteiger charge is -2.17. The maximum atomic E-state index is 12.2. The van der Waals surface area contributed by atoms with E-state index in [2.05, 4.69) is 0 Å². The molecule has 0 spiro atoms. The molecule has 1 aliphatic heterocycles. The minimum absolute atomic E-state index is 0.0925. The van der Waals surface area contributed by atoms with Crippen LogP contribution in [0.25, 0.3) is 6.08 Å². The highest BCUT2D eigenvalue weighted by atomic mass is 16.5. The SMILES string of the molecule is C/C=C\c1ccc(OCC(=O)N2CC[C@H](C(N)=O)C2)c(OC)c1. The van der Waals surface area contributed by atoms with Gasteiger partial charge in [0, 0.05) is 13.1 Å². The Hall–Kier alpha value is -2.50. The van der Waals surface area contributed by atoms with Crippen LogP contribution in [0, 0.1) is 5.92 Å². The van der Waals surface area contributed by atoms with Crippen molar-refractivity contribution in [3.63, 3.8) is 0 Å². The normalized spacial score (nSPS) is 17.5. The predicted molar refractivity (Wildman–Crippen MR) is 87.1 cm³/mol. The Morgan fingerprint density at radius 2 is 2.17 bits per heavy atom. The number of hydrogen-bond donors (Lipinski definition) is 1. The molecule has 0 saturated carbocycles. The van der Waals surface area contributed by atoms with E-state index in [-0.39, 0.29) is 24.3 Å². The van der Waals surface area contributed by atoms with Crippen molar-refractivity contribution in [3.05, 3.63) is 29.8 Å². The van der Waals surface area contributed by atoms with Gasteiger partial charge in [-0.3, -0.25) is 9.59 Å². The third-order valence-corrected chi connectivity index (χ3v) is 3.84. The molecule has 1 saturated heterocycles. The maximum Gasteiger partial charge on any atom is 0.260 e. The minimum atomic E-state index is -0.359. The second kappa shape index (κ2) is 7.67. The van der Waals surface area contributed by atoms with Crippen molar-refractivity contribution in [1.82, 2.24) is 4.90 Å². The summed E-state index contributed by atoms with van der Waals surface area (Å²) >= 11 is 0. The van der Waals surface area contributed by atoms with Gasteiger partial charge in [0.05, 0.1) is 13.0 Å². The van der Waals surface area contributed by atoms with E-state index in [1.54, 1.807) is 18.1 Å². The fraction of sp³-hybridized carbons (Fsp3) is 0.412. The zero-order chi connectivity index (χ0) is 16.8. The Kier molecular flexibility index (Phi) is 5.62. The number of ether oxygens (including phenoxy) is 2. The molecule has 6 nitrogen and oxygen atoms in total. The summed E-state index contributed by atoms with van der Waals surface area (Å²) in [5.41, 5.74) is 6.26. The average molecular weight is 318 g/mol. The first-order valence-electron chi connectivity index (χ1n) is 7.55. The average Bonchev–Trinajstić information content (AvgIpc) is 3.03. The number of primary amides is 1. The minimum Gasteiger partial charge on any atom is -0.493 e. The molecule has 6 heteroatoms. The van der Waals surface area contributed by atoms with Crippen LogP contribution in [0.15, 0.2) is 24.3 Å². The van der Waals surface area contributed by atoms with E-state index in [4.69, 9.17) is 15.2 Å². The van der Waals surface area contributed by atoms with Gasteiger partial charge in [0.15, 0.2) is 18.1 Å². The molecule has 1 fully saturated rings. The highest BCUT2D eigenvalue weighted by molar-refractivity contribution is 5.81. The fourth-order valence-electron chi connectivity index (χ4n) is 2.55. The Labute approximate surface area is 135 Å². The lowest BCUT2D eigenvalue weighted by atomic mass is 10.1. The molecule has 1 aromatic rings. The summed E-state index contributed by atoms with van der Waals surface area (Å²) in [5, 5.41) is 0. The molecular weight excluding hydrogens is 296 g/mol. The lowest BCUT2D eigenvalue weighted by Crippen LogP contribution is -2.34. The number of nitrogens with two attached hydrogens (primary N) is 1. The van der Waals surface area contributed by atoms with Crippen LogP contribution in [0.3, 0.4) is 0 Å². The smallest absolute Gasteiger partial charge is 0.260 e. The first kappa shape index (κ1) is 16.9. The number of benzene rings is 1. The summed E-state index contributed by atoms with van der Waals surface area (Å²) in [6.07, 6.45) is 4.50. The second-order valence-corrected chi connectivity index (χ2v) is 5.43. The number of hydrogen-bond acceptors (Lipinski definition) is 4. The summed E-state index contributed by atoms with van der Waals surface area (Å²) in [5.74, 6) is 0.314. The topological polar surface area (TPSA) is 81.9 Å². The van der Waals surface area contributed by atoms with E-state index in [0.29, 0.717) is 31.0 Å². The molecule has 2 rings (SSSR count). The predicted octanol–water partition coefficient (Wildman–Crippen LogP) is 1.44. The summed E-state index contributed by atoms with van der Waals surface area (Å²) < 4.78 is 10.9. The zero-order valence-corrected chi connectivity index (χ0v) is 13.5. The number of carbonyl (C=O) groups excluding carboxylic acids is 2. The van der Waals surface area contributed by atoms with Crippen molar-refractivity contribution < 1.29 is 19.1 Å². The monoisotopic (exact) mass is 318 g/mol. The van der Waals surface area contributed by atoms with Crippen LogP contribution in [0.1, 0.15) is 18.9 Å². The van der Waals surface area contributed by atoms with Crippen LogP contribution in [0.5, 0.6) is 11.5 Å². The highest BCUT2D eigenvalue weighted by Gasteiger charge is 2.29. The lowest BCUT2D eigenvalue weighted by molar-refractivity contribution is -0.132. The first-order valence-corrected chi connectivity index (χ1v) is 7.55. The van der Waals surface area contributed by atoms with Crippen molar-refractivity contribution in [2.75, 3.05) is 26.8 Å². The van der Waals surface area contributed by atoms with Crippen LogP contribution in [-0.4, -0.2) is 43.5 Å². The van der Waals surface area contributed by atoms with Crippen molar-refractivity contribution >= 4 is 17.9 Å². The van der Waals surface area contributed by atoms with Gasteiger partial charge in [0.25, 0.3) is 5.91 Å². The van der Waals surface area contributed by atoms with Gasteiger partial charge in [0.1, 0.15) is 0 Å². The van der Waals surface area contributed by atoms with Crippen molar-refractivity contribution in [1.29, 1.82) is 0 Å². The molecule has 0 bridgehead atoms. The van der Waals surface area contributed by atoms with Crippen molar-refractivity contribution in [3.8, 4) is 11.5 Å². The van der Waals surface area contributed by atoms with Gasteiger partial charge in [-0.15, -0.1) is 0 Å². The van der Waals surface area contributed by atoms with Crippen molar-refractivity contribution in [2.24, 2.45) is 11.7 Å². The summed E-state index contributed by atoms with van der Waals surface area (Å²) in [4.78, 5) is 24.9.